The molecule has 0 radical (unpaired) electrons. The second-order valence-corrected chi connectivity index (χ2v) is 11.6. The number of fused-ring (bicyclic) bond motifs is 1. The maximum absolute atomic E-state index is 12.6. The van der Waals surface area contributed by atoms with Crippen molar-refractivity contribution < 1.29 is 9.90 Å². The van der Waals surface area contributed by atoms with Gasteiger partial charge in [0.1, 0.15) is 5.52 Å². The van der Waals surface area contributed by atoms with Crippen LogP contribution in [-0.4, -0.2) is 56.2 Å². The summed E-state index contributed by atoms with van der Waals surface area (Å²) in [4.78, 5) is 29.3. The first-order chi connectivity index (χ1) is 15.4. The van der Waals surface area contributed by atoms with Crippen molar-refractivity contribution in [3.05, 3.63) is 12.2 Å². The lowest BCUT2D eigenvalue weighted by molar-refractivity contribution is -0.123. The Morgan fingerprint density at radius 2 is 1.76 bits per heavy atom. The van der Waals surface area contributed by atoms with Gasteiger partial charge in [-0.1, -0.05) is 41.5 Å². The van der Waals surface area contributed by atoms with Gasteiger partial charge < -0.3 is 20.7 Å². The summed E-state index contributed by atoms with van der Waals surface area (Å²) in [6, 6.07) is -0.993. The second-order valence-electron chi connectivity index (χ2n) is 11.6. The number of anilines is 1. The second kappa shape index (κ2) is 10.3. The molecule has 3 rings (SSSR count). The van der Waals surface area contributed by atoms with E-state index in [1.807, 2.05) is 0 Å². The fraction of sp³-hybridized carbons (Fsp3) is 0.750. The van der Waals surface area contributed by atoms with Gasteiger partial charge in [0.25, 0.3) is 0 Å². The Morgan fingerprint density at radius 3 is 2.42 bits per heavy atom. The molecule has 2 aromatic rings. The van der Waals surface area contributed by atoms with Crippen LogP contribution in [0.4, 0.5) is 5.82 Å². The number of H-pyrrole nitrogens is 1. The minimum atomic E-state index is -0.750. The molecular formula is C24H41N7O2. The Labute approximate surface area is 197 Å². The Balaban J connectivity index is 1.63. The monoisotopic (exact) mass is 459 g/mol. The molecule has 0 saturated carbocycles. The molecule has 1 aliphatic heterocycles. The van der Waals surface area contributed by atoms with Crippen molar-refractivity contribution in [1.29, 1.82) is 0 Å². The van der Waals surface area contributed by atoms with Gasteiger partial charge in [-0.2, -0.15) is 0 Å². The maximum atomic E-state index is 12.6. The van der Waals surface area contributed by atoms with Gasteiger partial charge in [0.05, 0.1) is 24.5 Å². The topological polar surface area (TPSA) is 128 Å². The minimum absolute atomic E-state index is 0.0909. The van der Waals surface area contributed by atoms with Gasteiger partial charge in [0, 0.05) is 13.1 Å². The van der Waals surface area contributed by atoms with Gasteiger partial charge in [-0.05, 0) is 42.9 Å². The highest BCUT2D eigenvalue weighted by Crippen LogP contribution is 2.28. The van der Waals surface area contributed by atoms with E-state index < -0.39 is 18.2 Å². The third-order valence-electron chi connectivity index (χ3n) is 5.94. The molecule has 9 heteroatoms. The number of nitrogens with one attached hydrogen (secondary N) is 4. The largest absolute Gasteiger partial charge is 0.391 e. The average Bonchev–Trinajstić information content (AvgIpc) is 3.33. The normalized spacial score (nSPS) is 21.5. The summed E-state index contributed by atoms with van der Waals surface area (Å²) in [5.74, 6) is 1.03. The van der Waals surface area contributed by atoms with Crippen molar-refractivity contribution in [3.8, 4) is 0 Å². The lowest BCUT2D eigenvalue weighted by Crippen LogP contribution is -2.41. The third-order valence-corrected chi connectivity index (χ3v) is 5.94. The standard InChI is InChI=1S/C24H41N7O2/c1-23(2,3)9-7-11-25-19-18-20(28-14-27-18)31-21(30-19)17-16(32)13-15(29-17)22(33)26-12-8-10-24(4,5)6/h14-17,29,32H,7-13H2,1-6H3,(H,26,33)(H2,25,27,28,30,31)/t15?,16-,17?/m1/s1. The van der Waals surface area contributed by atoms with Gasteiger partial charge in [-0.3, -0.25) is 10.1 Å². The van der Waals surface area contributed by atoms with Gasteiger partial charge in [0.2, 0.25) is 5.91 Å². The molecule has 1 saturated heterocycles. The van der Waals surface area contributed by atoms with Crippen LogP contribution in [-0.2, 0) is 4.79 Å². The Kier molecular flexibility index (Phi) is 7.95. The number of amides is 1. The molecule has 184 valence electrons. The zero-order valence-corrected chi connectivity index (χ0v) is 21.0. The highest BCUT2D eigenvalue weighted by atomic mass is 16.3. The zero-order valence-electron chi connectivity index (χ0n) is 21.0. The summed E-state index contributed by atoms with van der Waals surface area (Å²) >= 11 is 0. The number of nitrogens with zero attached hydrogens (tertiary/aromatic N) is 3. The van der Waals surface area contributed by atoms with Crippen LogP contribution in [0.3, 0.4) is 0 Å². The van der Waals surface area contributed by atoms with E-state index in [2.05, 4.69) is 77.4 Å². The van der Waals surface area contributed by atoms with E-state index in [0.717, 1.165) is 37.7 Å². The number of hydrogen-bond donors (Lipinski definition) is 5. The van der Waals surface area contributed by atoms with Crippen LogP contribution in [0.15, 0.2) is 6.33 Å². The molecule has 0 aliphatic carbocycles. The van der Waals surface area contributed by atoms with Crippen molar-refractivity contribution in [2.45, 2.75) is 91.8 Å². The fourth-order valence-corrected chi connectivity index (χ4v) is 4.10. The molecular weight excluding hydrogens is 418 g/mol. The number of hydrogen-bond acceptors (Lipinski definition) is 7. The van der Waals surface area contributed by atoms with Crippen molar-refractivity contribution in [1.82, 2.24) is 30.6 Å². The van der Waals surface area contributed by atoms with Crippen molar-refractivity contribution in [3.63, 3.8) is 0 Å². The number of aliphatic hydroxyl groups excluding tert-OH is 1. The Bertz CT molecular complexity index is 929. The number of carbonyl (C=O) groups is 1. The van der Waals surface area contributed by atoms with Crippen molar-refractivity contribution in [2.24, 2.45) is 10.8 Å². The predicted molar refractivity (Wildman–Crippen MR) is 131 cm³/mol. The highest BCUT2D eigenvalue weighted by Gasteiger charge is 2.39. The van der Waals surface area contributed by atoms with E-state index >= 15 is 0 Å². The first-order valence-electron chi connectivity index (χ1n) is 12.1. The van der Waals surface area contributed by atoms with E-state index in [0.29, 0.717) is 30.3 Å². The molecule has 3 atom stereocenters. The molecule has 2 aromatic heterocycles. The molecule has 3 heterocycles. The number of aliphatic hydroxyl groups is 1. The van der Waals surface area contributed by atoms with Crippen molar-refractivity contribution in [2.75, 3.05) is 18.4 Å². The zero-order chi connectivity index (χ0) is 24.2. The lowest BCUT2D eigenvalue weighted by Gasteiger charge is -2.19. The van der Waals surface area contributed by atoms with Gasteiger partial charge in [-0.25, -0.2) is 15.0 Å². The molecule has 9 nitrogen and oxygen atoms in total. The highest BCUT2D eigenvalue weighted by molar-refractivity contribution is 5.83. The Hall–Kier alpha value is -2.26. The van der Waals surface area contributed by atoms with E-state index in [-0.39, 0.29) is 16.7 Å². The number of carbonyl (C=O) groups excluding carboxylic acids is 1. The number of rotatable bonds is 9. The maximum Gasteiger partial charge on any atom is 0.237 e. The average molecular weight is 460 g/mol. The smallest absolute Gasteiger partial charge is 0.237 e. The van der Waals surface area contributed by atoms with E-state index in [4.69, 9.17) is 0 Å². The summed E-state index contributed by atoms with van der Waals surface area (Å²) in [6.07, 6.45) is 5.25. The first-order valence-corrected chi connectivity index (χ1v) is 12.1. The molecule has 0 spiro atoms. The van der Waals surface area contributed by atoms with Crippen LogP contribution in [0.5, 0.6) is 0 Å². The number of aromatic amines is 1. The van der Waals surface area contributed by atoms with E-state index in [9.17, 15) is 9.90 Å². The summed E-state index contributed by atoms with van der Waals surface area (Å²) in [7, 11) is 0. The number of aromatic nitrogens is 4. The van der Waals surface area contributed by atoms with Crippen molar-refractivity contribution >= 4 is 22.9 Å². The minimum Gasteiger partial charge on any atom is -0.391 e. The predicted octanol–water partition coefficient (Wildman–Crippen LogP) is 3.30. The lowest BCUT2D eigenvalue weighted by atomic mass is 9.91. The van der Waals surface area contributed by atoms with Gasteiger partial charge >= 0.3 is 0 Å². The van der Waals surface area contributed by atoms with Crippen LogP contribution in [0.1, 0.15) is 85.5 Å². The van der Waals surface area contributed by atoms with Gasteiger partial charge in [-0.15, -0.1) is 0 Å². The molecule has 1 fully saturated rings. The summed E-state index contributed by atoms with van der Waals surface area (Å²) < 4.78 is 0. The van der Waals surface area contributed by atoms with Gasteiger partial charge in [0.15, 0.2) is 17.3 Å². The van der Waals surface area contributed by atoms with Crippen LogP contribution >= 0.6 is 0 Å². The molecule has 5 N–H and O–H groups in total. The van der Waals surface area contributed by atoms with Crippen LogP contribution in [0, 0.1) is 10.8 Å². The van der Waals surface area contributed by atoms with E-state index in [1.54, 1.807) is 6.33 Å². The first kappa shape index (κ1) is 25.4. The molecule has 1 amide bonds. The third kappa shape index (κ3) is 7.37. The molecule has 0 aromatic carbocycles. The quantitative estimate of drug-likeness (QED) is 0.364. The summed E-state index contributed by atoms with van der Waals surface area (Å²) in [6.45, 7) is 14.7. The van der Waals surface area contributed by atoms with Crippen LogP contribution in [0.2, 0.25) is 0 Å². The molecule has 0 bridgehead atoms. The summed E-state index contributed by atoms with van der Waals surface area (Å²) in [5.41, 5.74) is 1.82. The van der Waals surface area contributed by atoms with Crippen LogP contribution < -0.4 is 16.0 Å². The van der Waals surface area contributed by atoms with E-state index in [1.165, 1.54) is 0 Å². The van der Waals surface area contributed by atoms with Crippen LogP contribution in [0.25, 0.3) is 11.2 Å². The molecule has 33 heavy (non-hydrogen) atoms. The molecule has 2 unspecified atom stereocenters. The number of imidazole rings is 1. The fourth-order valence-electron chi connectivity index (χ4n) is 4.10. The Morgan fingerprint density at radius 1 is 1.09 bits per heavy atom. The summed E-state index contributed by atoms with van der Waals surface area (Å²) in [5, 5.41) is 20.3. The molecule has 1 aliphatic rings. The SMILES string of the molecule is CC(C)(C)CCCNC(=O)C1C[C@@H](O)C(c2nc(NCCCC(C)(C)C)c3[nH]cnc3n2)N1.